The highest BCUT2D eigenvalue weighted by atomic mass is 16.5. The van der Waals surface area contributed by atoms with Crippen molar-refractivity contribution in [3.05, 3.63) is 35.2 Å². The fourth-order valence-electron chi connectivity index (χ4n) is 3.95. The maximum Gasteiger partial charge on any atom is 0.355 e. The largest absolute Gasteiger partial charge is 0.461 e. The number of ether oxygens (including phenoxy) is 1. The Balaban J connectivity index is 3.30. The summed E-state index contributed by atoms with van der Waals surface area (Å²) >= 11 is 0. The van der Waals surface area contributed by atoms with Gasteiger partial charge in [0.05, 0.1) is 12.6 Å². The fraction of sp³-hybridized carbons (Fsp3) is 0.625. The van der Waals surface area contributed by atoms with Crippen LogP contribution in [-0.2, 0) is 16.6 Å². The summed E-state index contributed by atoms with van der Waals surface area (Å²) in [7, 11) is 1.75. The van der Waals surface area contributed by atoms with E-state index in [0.29, 0.717) is 29.1 Å². The van der Waals surface area contributed by atoms with E-state index in [1.165, 1.54) is 0 Å². The first-order chi connectivity index (χ1) is 14.2. The predicted molar refractivity (Wildman–Crippen MR) is 120 cm³/mol. The van der Waals surface area contributed by atoms with Crippen molar-refractivity contribution < 1.29 is 19.1 Å². The lowest BCUT2D eigenvalue weighted by Gasteiger charge is -2.31. The van der Waals surface area contributed by atoms with Gasteiger partial charge in [-0.25, -0.2) is 4.79 Å². The molecular weight excluding hydrogens is 380 g/mol. The molecule has 6 nitrogen and oxygen atoms in total. The molecule has 1 heterocycles. The third-order valence-electron chi connectivity index (χ3n) is 5.85. The predicted octanol–water partition coefficient (Wildman–Crippen LogP) is 4.62. The number of Topliss-reactive ketones (excluding diaryl/α,β-unsaturated/α-hetero) is 1. The Morgan fingerprint density at radius 1 is 1.20 bits per heavy atom. The molecule has 0 spiro atoms. The maximum atomic E-state index is 13.5. The van der Waals surface area contributed by atoms with Gasteiger partial charge in [-0.3, -0.25) is 9.59 Å². The van der Waals surface area contributed by atoms with E-state index in [1.54, 1.807) is 43.4 Å². The van der Waals surface area contributed by atoms with Crippen LogP contribution in [0, 0.1) is 19.8 Å². The quantitative estimate of drug-likeness (QED) is 0.282. The topological polar surface area (TPSA) is 68.6 Å². The molecule has 0 N–H and O–H groups in total. The molecule has 2 atom stereocenters. The minimum Gasteiger partial charge on any atom is -0.461 e. The van der Waals surface area contributed by atoms with Gasteiger partial charge in [0, 0.05) is 30.8 Å². The molecule has 0 aromatic carbocycles. The Morgan fingerprint density at radius 2 is 1.83 bits per heavy atom. The Kier molecular flexibility index (Phi) is 10.0. The summed E-state index contributed by atoms with van der Waals surface area (Å²) in [5.41, 5.74) is 2.14. The molecule has 1 rings (SSSR count). The van der Waals surface area contributed by atoms with Crippen LogP contribution in [0.15, 0.2) is 12.7 Å². The number of nitrogens with zero attached hydrogens (tertiary/aromatic N) is 2. The summed E-state index contributed by atoms with van der Waals surface area (Å²) in [5.74, 6) is -0.731. The Labute approximate surface area is 181 Å². The second-order valence-electron chi connectivity index (χ2n) is 7.78. The van der Waals surface area contributed by atoms with Gasteiger partial charge >= 0.3 is 5.97 Å². The van der Waals surface area contributed by atoms with E-state index < -0.39 is 12.0 Å². The SMILES string of the molecule is C=CCN(C(=O)[C@@H](CC)CCCC)[C@@H](C)C(=O)c1c(C)c(C(=O)OCC)n(C)c1C. The summed E-state index contributed by atoms with van der Waals surface area (Å²) in [6.07, 6.45) is 5.22. The number of amides is 1. The van der Waals surface area contributed by atoms with Crippen LogP contribution < -0.4 is 0 Å². The summed E-state index contributed by atoms with van der Waals surface area (Å²) < 4.78 is 6.85. The number of aromatic nitrogens is 1. The zero-order chi connectivity index (χ0) is 23.0. The van der Waals surface area contributed by atoms with Crippen LogP contribution in [0.25, 0.3) is 0 Å². The van der Waals surface area contributed by atoms with Crippen molar-refractivity contribution in [1.82, 2.24) is 9.47 Å². The normalized spacial score (nSPS) is 12.9. The maximum absolute atomic E-state index is 13.5. The minimum atomic E-state index is -0.652. The molecule has 0 radical (unpaired) electrons. The van der Waals surface area contributed by atoms with Crippen molar-refractivity contribution in [2.45, 2.75) is 73.3 Å². The number of unbranched alkanes of at least 4 members (excludes halogenated alkanes) is 1. The van der Waals surface area contributed by atoms with Gasteiger partial charge in [0.25, 0.3) is 0 Å². The van der Waals surface area contributed by atoms with Crippen LogP contribution >= 0.6 is 0 Å². The van der Waals surface area contributed by atoms with Gasteiger partial charge in [0.2, 0.25) is 5.91 Å². The molecule has 1 amide bonds. The number of hydrogen-bond acceptors (Lipinski definition) is 4. The molecule has 0 unspecified atom stereocenters. The van der Waals surface area contributed by atoms with Crippen molar-refractivity contribution in [1.29, 1.82) is 0 Å². The van der Waals surface area contributed by atoms with E-state index >= 15 is 0 Å². The fourth-order valence-corrected chi connectivity index (χ4v) is 3.95. The molecule has 1 aromatic heterocycles. The molecular formula is C24H38N2O4. The zero-order valence-corrected chi connectivity index (χ0v) is 19.7. The summed E-state index contributed by atoms with van der Waals surface area (Å²) in [6.45, 7) is 15.5. The van der Waals surface area contributed by atoms with Crippen molar-refractivity contribution in [2.75, 3.05) is 13.2 Å². The second-order valence-corrected chi connectivity index (χ2v) is 7.78. The van der Waals surface area contributed by atoms with Gasteiger partial charge in [-0.1, -0.05) is 32.8 Å². The molecule has 30 heavy (non-hydrogen) atoms. The minimum absolute atomic E-state index is 0.0106. The van der Waals surface area contributed by atoms with Crippen LogP contribution in [0.1, 0.15) is 85.5 Å². The highest BCUT2D eigenvalue weighted by Crippen LogP contribution is 2.26. The van der Waals surface area contributed by atoms with E-state index in [9.17, 15) is 14.4 Å². The Morgan fingerprint density at radius 3 is 2.33 bits per heavy atom. The van der Waals surface area contributed by atoms with Gasteiger partial charge in [-0.2, -0.15) is 0 Å². The molecule has 0 saturated heterocycles. The van der Waals surface area contributed by atoms with E-state index in [2.05, 4.69) is 13.5 Å². The number of ketones is 1. The lowest BCUT2D eigenvalue weighted by atomic mass is 9.95. The number of carbonyl (C=O) groups is 3. The third kappa shape index (κ3) is 5.41. The Bertz CT molecular complexity index is 779. The highest BCUT2D eigenvalue weighted by Gasteiger charge is 2.33. The first-order valence-corrected chi connectivity index (χ1v) is 11.0. The van der Waals surface area contributed by atoms with Crippen LogP contribution in [0.5, 0.6) is 0 Å². The van der Waals surface area contributed by atoms with E-state index in [4.69, 9.17) is 4.74 Å². The van der Waals surface area contributed by atoms with Crippen molar-refractivity contribution >= 4 is 17.7 Å². The standard InChI is InChI=1S/C24H38N2O4/c1-9-13-14-19(11-3)23(28)26(15-10-2)18(7)22(27)20-16(5)21(24(29)30-12-4)25(8)17(20)6/h10,18-19H,2,9,11-15H2,1,3-8H3/t18-,19-/m0/s1. The van der Waals surface area contributed by atoms with Crippen molar-refractivity contribution in [3.63, 3.8) is 0 Å². The van der Waals surface area contributed by atoms with Gasteiger partial charge in [-0.05, 0) is 46.1 Å². The average molecular weight is 419 g/mol. The van der Waals surface area contributed by atoms with E-state index in [1.807, 2.05) is 13.8 Å². The average Bonchev–Trinajstić information content (AvgIpc) is 2.94. The Hall–Kier alpha value is -2.37. The first-order valence-electron chi connectivity index (χ1n) is 11.0. The molecule has 0 saturated carbocycles. The number of rotatable bonds is 12. The summed E-state index contributed by atoms with van der Waals surface area (Å²) in [6, 6.07) is -0.652. The molecule has 168 valence electrons. The molecule has 1 aromatic rings. The molecule has 0 bridgehead atoms. The molecule has 0 aliphatic carbocycles. The van der Waals surface area contributed by atoms with Crippen LogP contribution in [0.3, 0.4) is 0 Å². The second kappa shape index (κ2) is 11.7. The smallest absolute Gasteiger partial charge is 0.355 e. The number of carbonyl (C=O) groups excluding carboxylic acids is 3. The lowest BCUT2D eigenvalue weighted by Crippen LogP contribution is -2.46. The van der Waals surface area contributed by atoms with Crippen LogP contribution in [0.2, 0.25) is 0 Å². The number of esters is 1. The van der Waals surface area contributed by atoms with Gasteiger partial charge in [0.1, 0.15) is 5.69 Å². The molecule has 0 fully saturated rings. The monoisotopic (exact) mass is 418 g/mol. The number of hydrogen-bond donors (Lipinski definition) is 0. The van der Waals surface area contributed by atoms with Crippen LogP contribution in [0.4, 0.5) is 0 Å². The zero-order valence-electron chi connectivity index (χ0n) is 19.7. The molecule has 6 heteroatoms. The van der Waals surface area contributed by atoms with Crippen molar-refractivity contribution in [3.8, 4) is 0 Å². The van der Waals surface area contributed by atoms with Gasteiger partial charge < -0.3 is 14.2 Å². The van der Waals surface area contributed by atoms with E-state index in [-0.39, 0.29) is 24.2 Å². The lowest BCUT2D eigenvalue weighted by molar-refractivity contribution is -0.136. The third-order valence-corrected chi connectivity index (χ3v) is 5.85. The highest BCUT2D eigenvalue weighted by molar-refractivity contribution is 6.06. The van der Waals surface area contributed by atoms with E-state index in [0.717, 1.165) is 25.7 Å². The summed E-state index contributed by atoms with van der Waals surface area (Å²) in [5, 5.41) is 0. The van der Waals surface area contributed by atoms with Gasteiger partial charge in [0.15, 0.2) is 5.78 Å². The molecule has 0 aliphatic heterocycles. The molecule has 0 aliphatic rings. The van der Waals surface area contributed by atoms with Crippen LogP contribution in [-0.4, -0.2) is 46.3 Å². The first kappa shape index (κ1) is 25.7. The van der Waals surface area contributed by atoms with Gasteiger partial charge in [-0.15, -0.1) is 6.58 Å². The summed E-state index contributed by atoms with van der Waals surface area (Å²) in [4.78, 5) is 40.7. The van der Waals surface area contributed by atoms with Crippen molar-refractivity contribution in [2.24, 2.45) is 13.0 Å².